The van der Waals surface area contributed by atoms with Crippen molar-refractivity contribution in [2.24, 2.45) is 0 Å². The first-order chi connectivity index (χ1) is 8.74. The largest absolute Gasteiger partial charge is 0.378 e. The summed E-state index contributed by atoms with van der Waals surface area (Å²) in [4.78, 5) is 11.1. The topological polar surface area (TPSA) is 50.3 Å². The Hall–Kier alpha value is -1.36. The fraction of sp³-hybridized carbons (Fsp3) is 0.692. The molecule has 0 atom stereocenters. The summed E-state index contributed by atoms with van der Waals surface area (Å²) < 4.78 is 5.67. The minimum atomic E-state index is 0.414. The number of nitrogens with zero attached hydrogens (tertiary/aromatic N) is 3. The summed E-state index contributed by atoms with van der Waals surface area (Å²) in [5.41, 5.74) is 1.13. The summed E-state index contributed by atoms with van der Waals surface area (Å²) in [6.45, 7) is 6.93. The number of aryl methyl sites for hydroxylation is 1. The SMILES string of the molecule is CCOC1CCN(c2nc(NC)ncc2C)CC1. The summed E-state index contributed by atoms with van der Waals surface area (Å²) in [7, 11) is 1.84. The molecule has 1 fully saturated rings. The summed E-state index contributed by atoms with van der Waals surface area (Å²) in [5, 5.41) is 2.99. The molecule has 1 aliphatic heterocycles. The Morgan fingerprint density at radius 1 is 1.44 bits per heavy atom. The molecule has 0 unspecified atom stereocenters. The molecular formula is C13H22N4O. The van der Waals surface area contributed by atoms with E-state index in [9.17, 15) is 0 Å². The Morgan fingerprint density at radius 2 is 2.17 bits per heavy atom. The number of piperidine rings is 1. The molecule has 5 nitrogen and oxygen atoms in total. The van der Waals surface area contributed by atoms with Gasteiger partial charge in [0, 0.05) is 38.5 Å². The third kappa shape index (κ3) is 2.90. The van der Waals surface area contributed by atoms with Crippen LogP contribution < -0.4 is 10.2 Å². The maximum absolute atomic E-state index is 5.67. The van der Waals surface area contributed by atoms with Gasteiger partial charge in [-0.25, -0.2) is 4.98 Å². The Bertz CT molecular complexity index is 389. The van der Waals surface area contributed by atoms with Gasteiger partial charge in [0.05, 0.1) is 6.10 Å². The fourth-order valence-corrected chi connectivity index (χ4v) is 2.34. The van der Waals surface area contributed by atoms with Crippen molar-refractivity contribution < 1.29 is 4.74 Å². The zero-order chi connectivity index (χ0) is 13.0. The second-order valence-corrected chi connectivity index (χ2v) is 4.59. The van der Waals surface area contributed by atoms with E-state index < -0.39 is 0 Å². The lowest BCUT2D eigenvalue weighted by molar-refractivity contribution is 0.0458. The molecule has 2 rings (SSSR count). The first kappa shape index (κ1) is 13.1. The van der Waals surface area contributed by atoms with Crippen LogP contribution in [-0.4, -0.2) is 42.8 Å². The average molecular weight is 250 g/mol. The average Bonchev–Trinajstić information content (AvgIpc) is 2.41. The van der Waals surface area contributed by atoms with E-state index in [0.717, 1.165) is 43.9 Å². The van der Waals surface area contributed by atoms with Gasteiger partial charge in [0.15, 0.2) is 0 Å². The van der Waals surface area contributed by atoms with Crippen molar-refractivity contribution in [2.45, 2.75) is 32.8 Å². The van der Waals surface area contributed by atoms with E-state index >= 15 is 0 Å². The van der Waals surface area contributed by atoms with Crippen LogP contribution in [0.25, 0.3) is 0 Å². The highest BCUT2D eigenvalue weighted by molar-refractivity contribution is 5.49. The van der Waals surface area contributed by atoms with E-state index in [-0.39, 0.29) is 0 Å². The Labute approximate surface area is 109 Å². The van der Waals surface area contributed by atoms with Crippen molar-refractivity contribution in [1.29, 1.82) is 0 Å². The van der Waals surface area contributed by atoms with Gasteiger partial charge in [-0.15, -0.1) is 0 Å². The molecule has 0 aliphatic carbocycles. The molecule has 0 saturated carbocycles. The standard InChI is InChI=1S/C13H22N4O/c1-4-18-11-5-7-17(8-6-11)12-10(2)9-15-13(14-3)16-12/h9,11H,4-8H2,1-3H3,(H,14,15,16). The zero-order valence-electron chi connectivity index (χ0n) is 11.4. The van der Waals surface area contributed by atoms with Crippen LogP contribution in [0.15, 0.2) is 6.20 Å². The van der Waals surface area contributed by atoms with Gasteiger partial charge >= 0.3 is 0 Å². The summed E-state index contributed by atoms with van der Waals surface area (Å²) in [6.07, 6.45) is 4.44. The van der Waals surface area contributed by atoms with Crippen LogP contribution in [0.1, 0.15) is 25.3 Å². The number of nitrogens with one attached hydrogen (secondary N) is 1. The summed E-state index contributed by atoms with van der Waals surface area (Å²) >= 11 is 0. The van der Waals surface area contributed by atoms with Gasteiger partial charge in [-0.3, -0.25) is 0 Å². The zero-order valence-corrected chi connectivity index (χ0v) is 11.4. The molecule has 1 saturated heterocycles. The lowest BCUT2D eigenvalue weighted by atomic mass is 10.1. The van der Waals surface area contributed by atoms with Crippen LogP contribution >= 0.6 is 0 Å². The highest BCUT2D eigenvalue weighted by Crippen LogP contribution is 2.23. The highest BCUT2D eigenvalue weighted by Gasteiger charge is 2.21. The molecule has 5 heteroatoms. The number of anilines is 2. The van der Waals surface area contributed by atoms with Crippen molar-refractivity contribution in [3.05, 3.63) is 11.8 Å². The predicted octanol–water partition coefficient (Wildman–Crippen LogP) is 1.83. The lowest BCUT2D eigenvalue weighted by Gasteiger charge is -2.33. The second kappa shape index (κ2) is 6.00. The normalized spacial score (nSPS) is 16.9. The van der Waals surface area contributed by atoms with E-state index in [1.54, 1.807) is 0 Å². The van der Waals surface area contributed by atoms with E-state index in [4.69, 9.17) is 4.74 Å². The van der Waals surface area contributed by atoms with Crippen molar-refractivity contribution in [3.63, 3.8) is 0 Å². The highest BCUT2D eigenvalue weighted by atomic mass is 16.5. The Balaban J connectivity index is 2.04. The van der Waals surface area contributed by atoms with E-state index in [1.165, 1.54) is 0 Å². The molecule has 18 heavy (non-hydrogen) atoms. The predicted molar refractivity (Wildman–Crippen MR) is 73.2 cm³/mol. The maximum atomic E-state index is 5.67. The van der Waals surface area contributed by atoms with Crippen LogP contribution in [-0.2, 0) is 4.74 Å². The van der Waals surface area contributed by atoms with Gasteiger partial charge in [0.2, 0.25) is 5.95 Å². The van der Waals surface area contributed by atoms with Crippen molar-refractivity contribution >= 4 is 11.8 Å². The van der Waals surface area contributed by atoms with E-state index in [0.29, 0.717) is 12.1 Å². The van der Waals surface area contributed by atoms with Crippen molar-refractivity contribution in [1.82, 2.24) is 9.97 Å². The third-order valence-corrected chi connectivity index (χ3v) is 3.31. The summed E-state index contributed by atoms with van der Waals surface area (Å²) in [5.74, 6) is 1.73. The minimum Gasteiger partial charge on any atom is -0.378 e. The minimum absolute atomic E-state index is 0.414. The number of rotatable bonds is 4. The van der Waals surface area contributed by atoms with Gasteiger partial charge in [-0.1, -0.05) is 0 Å². The molecule has 1 aliphatic rings. The molecule has 1 aromatic heterocycles. The van der Waals surface area contributed by atoms with Gasteiger partial charge in [0.1, 0.15) is 5.82 Å². The first-order valence-electron chi connectivity index (χ1n) is 6.62. The van der Waals surface area contributed by atoms with Crippen LogP contribution in [0.4, 0.5) is 11.8 Å². The quantitative estimate of drug-likeness (QED) is 0.883. The van der Waals surface area contributed by atoms with E-state index in [1.807, 2.05) is 13.2 Å². The Kier molecular flexibility index (Phi) is 4.36. The van der Waals surface area contributed by atoms with E-state index in [2.05, 4.69) is 34.0 Å². The molecule has 1 N–H and O–H groups in total. The molecule has 0 radical (unpaired) electrons. The maximum Gasteiger partial charge on any atom is 0.224 e. The molecule has 0 spiro atoms. The molecule has 2 heterocycles. The number of hydrogen-bond acceptors (Lipinski definition) is 5. The van der Waals surface area contributed by atoms with Crippen molar-refractivity contribution in [3.8, 4) is 0 Å². The lowest BCUT2D eigenvalue weighted by Crippen LogP contribution is -2.38. The summed E-state index contributed by atoms with van der Waals surface area (Å²) in [6, 6.07) is 0. The molecule has 100 valence electrons. The van der Waals surface area contributed by atoms with Crippen LogP contribution in [0, 0.1) is 6.92 Å². The number of ether oxygens (including phenoxy) is 1. The fourth-order valence-electron chi connectivity index (χ4n) is 2.34. The smallest absolute Gasteiger partial charge is 0.224 e. The third-order valence-electron chi connectivity index (χ3n) is 3.31. The monoisotopic (exact) mass is 250 g/mol. The second-order valence-electron chi connectivity index (χ2n) is 4.59. The van der Waals surface area contributed by atoms with Crippen LogP contribution in [0.5, 0.6) is 0 Å². The van der Waals surface area contributed by atoms with Gasteiger partial charge in [-0.2, -0.15) is 4.98 Å². The number of hydrogen-bond donors (Lipinski definition) is 1. The molecule has 0 bridgehead atoms. The van der Waals surface area contributed by atoms with Crippen molar-refractivity contribution in [2.75, 3.05) is 37.0 Å². The molecular weight excluding hydrogens is 228 g/mol. The molecule has 0 amide bonds. The number of aromatic nitrogens is 2. The first-order valence-corrected chi connectivity index (χ1v) is 6.62. The van der Waals surface area contributed by atoms with Crippen LogP contribution in [0.2, 0.25) is 0 Å². The van der Waals surface area contributed by atoms with Crippen LogP contribution in [0.3, 0.4) is 0 Å². The molecule has 1 aromatic rings. The van der Waals surface area contributed by atoms with Gasteiger partial charge in [0.25, 0.3) is 0 Å². The Morgan fingerprint density at radius 3 is 2.78 bits per heavy atom. The molecule has 0 aromatic carbocycles. The van der Waals surface area contributed by atoms with Gasteiger partial charge < -0.3 is 15.0 Å². The van der Waals surface area contributed by atoms with Gasteiger partial charge in [-0.05, 0) is 26.7 Å².